The Hall–Kier alpha value is -0.610. The average Bonchev–Trinajstić information content (AvgIpc) is 2.87. The number of carbonyl (C=O) groups excluding carboxylic acids is 1. The second kappa shape index (κ2) is 5.06. The molecule has 19 heavy (non-hydrogen) atoms. The van der Waals surface area contributed by atoms with Gasteiger partial charge in [0.25, 0.3) is 0 Å². The predicted molar refractivity (Wildman–Crippen MR) is 75.8 cm³/mol. The van der Waals surface area contributed by atoms with Crippen molar-refractivity contribution in [2.45, 2.75) is 70.1 Å². The Bertz CT molecular complexity index is 347. The van der Waals surface area contributed by atoms with Crippen LogP contribution < -0.4 is 5.32 Å². The summed E-state index contributed by atoms with van der Waals surface area (Å²) in [6.07, 6.45) is 7.22. The van der Waals surface area contributed by atoms with Crippen LogP contribution in [0.15, 0.2) is 0 Å². The molecule has 2 aliphatic heterocycles. The van der Waals surface area contributed by atoms with E-state index in [0.29, 0.717) is 11.9 Å². The summed E-state index contributed by atoms with van der Waals surface area (Å²) in [5, 5.41) is 3.60. The zero-order valence-electron chi connectivity index (χ0n) is 12.3. The van der Waals surface area contributed by atoms with Gasteiger partial charge >= 0.3 is 0 Å². The van der Waals surface area contributed by atoms with E-state index in [9.17, 15) is 4.79 Å². The van der Waals surface area contributed by atoms with E-state index in [2.05, 4.69) is 29.0 Å². The lowest BCUT2D eigenvalue weighted by Gasteiger charge is -2.31. The molecular weight excluding hydrogens is 238 g/mol. The summed E-state index contributed by atoms with van der Waals surface area (Å²) in [4.78, 5) is 17.2. The quantitative estimate of drug-likeness (QED) is 0.819. The highest BCUT2D eigenvalue weighted by molar-refractivity contribution is 5.91. The molecule has 3 fully saturated rings. The zero-order chi connectivity index (χ0) is 13.5. The van der Waals surface area contributed by atoms with E-state index >= 15 is 0 Å². The van der Waals surface area contributed by atoms with Gasteiger partial charge in [-0.15, -0.1) is 0 Å². The van der Waals surface area contributed by atoms with Crippen LogP contribution in [-0.2, 0) is 4.79 Å². The lowest BCUT2D eigenvalue weighted by atomic mass is 10.2. The van der Waals surface area contributed by atoms with Crippen molar-refractivity contribution in [3.05, 3.63) is 0 Å². The molecule has 1 amide bonds. The summed E-state index contributed by atoms with van der Waals surface area (Å²) in [6.45, 7) is 7.80. The van der Waals surface area contributed by atoms with Crippen LogP contribution in [0.5, 0.6) is 0 Å². The predicted octanol–water partition coefficient (Wildman–Crippen LogP) is 1.56. The fourth-order valence-corrected chi connectivity index (χ4v) is 3.65. The van der Waals surface area contributed by atoms with Gasteiger partial charge in [-0.25, -0.2) is 0 Å². The number of likely N-dealkylation sites (tertiary alicyclic amines) is 1. The van der Waals surface area contributed by atoms with E-state index in [0.717, 1.165) is 32.2 Å². The van der Waals surface area contributed by atoms with Crippen LogP contribution in [-0.4, -0.2) is 53.1 Å². The minimum absolute atomic E-state index is 0.148. The van der Waals surface area contributed by atoms with Crippen molar-refractivity contribution in [1.29, 1.82) is 0 Å². The van der Waals surface area contributed by atoms with E-state index in [1.54, 1.807) is 0 Å². The molecule has 2 unspecified atom stereocenters. The number of hydrogen-bond donors (Lipinski definition) is 1. The highest BCUT2D eigenvalue weighted by Gasteiger charge is 2.58. The van der Waals surface area contributed by atoms with E-state index in [1.807, 2.05) is 0 Å². The Kier molecular flexibility index (Phi) is 3.56. The smallest absolute Gasteiger partial charge is 0.244 e. The maximum absolute atomic E-state index is 12.6. The average molecular weight is 265 g/mol. The van der Waals surface area contributed by atoms with Crippen LogP contribution in [0.4, 0.5) is 0 Å². The van der Waals surface area contributed by atoms with Gasteiger partial charge < -0.3 is 4.90 Å². The maximum atomic E-state index is 12.6. The van der Waals surface area contributed by atoms with Gasteiger partial charge in [-0.3, -0.25) is 15.0 Å². The summed E-state index contributed by atoms with van der Waals surface area (Å²) in [5.74, 6) is 0.372. The lowest BCUT2D eigenvalue weighted by Crippen LogP contribution is -2.46. The standard InChI is InChI=1S/C15H27N3O/c1-3-6-13-16-15(7-8-15)14(19)18(13)11-12(2)17-9-4-5-10-17/h12-13,16H,3-11H2,1-2H3. The van der Waals surface area contributed by atoms with Crippen molar-refractivity contribution in [3.8, 4) is 0 Å². The van der Waals surface area contributed by atoms with Crippen LogP contribution >= 0.6 is 0 Å². The lowest BCUT2D eigenvalue weighted by molar-refractivity contribution is -0.131. The number of hydrogen-bond acceptors (Lipinski definition) is 3. The first kappa shape index (κ1) is 13.4. The Morgan fingerprint density at radius 3 is 2.63 bits per heavy atom. The topological polar surface area (TPSA) is 35.6 Å². The molecule has 0 aromatic rings. The first-order valence-corrected chi connectivity index (χ1v) is 7.99. The largest absolute Gasteiger partial charge is 0.324 e. The molecule has 4 nitrogen and oxygen atoms in total. The molecule has 0 bridgehead atoms. The van der Waals surface area contributed by atoms with E-state index in [-0.39, 0.29) is 11.7 Å². The SMILES string of the molecule is CCCC1NC2(CC2)C(=O)N1CC(C)N1CCCC1. The van der Waals surface area contributed by atoms with Crippen molar-refractivity contribution in [2.75, 3.05) is 19.6 Å². The molecule has 2 heterocycles. The molecule has 1 aliphatic carbocycles. The number of nitrogens with one attached hydrogen (secondary N) is 1. The van der Waals surface area contributed by atoms with Crippen LogP contribution in [0, 0.1) is 0 Å². The molecule has 1 N–H and O–H groups in total. The van der Waals surface area contributed by atoms with Gasteiger partial charge in [0.15, 0.2) is 0 Å². The number of carbonyl (C=O) groups is 1. The molecule has 0 aromatic heterocycles. The monoisotopic (exact) mass is 265 g/mol. The van der Waals surface area contributed by atoms with Gasteiger partial charge in [0.1, 0.15) is 0 Å². The first-order valence-electron chi connectivity index (χ1n) is 7.99. The van der Waals surface area contributed by atoms with Crippen molar-refractivity contribution in [3.63, 3.8) is 0 Å². The summed E-state index contributed by atoms with van der Waals surface area (Å²) in [6, 6.07) is 0.501. The highest BCUT2D eigenvalue weighted by atomic mass is 16.2. The Labute approximate surface area is 116 Å². The fourth-order valence-electron chi connectivity index (χ4n) is 3.65. The minimum atomic E-state index is -0.148. The molecular formula is C15H27N3O. The molecule has 1 spiro atoms. The van der Waals surface area contributed by atoms with Crippen LogP contribution in [0.3, 0.4) is 0 Å². The van der Waals surface area contributed by atoms with Gasteiger partial charge in [0.2, 0.25) is 5.91 Å². The molecule has 0 aromatic carbocycles. The summed E-state index contributed by atoms with van der Waals surface area (Å²) in [7, 11) is 0. The van der Waals surface area contributed by atoms with E-state index < -0.39 is 0 Å². The van der Waals surface area contributed by atoms with E-state index in [4.69, 9.17) is 0 Å². The normalized spacial score (nSPS) is 31.4. The fraction of sp³-hybridized carbons (Fsp3) is 0.933. The first-order chi connectivity index (χ1) is 9.16. The van der Waals surface area contributed by atoms with Crippen LogP contribution in [0.1, 0.15) is 52.4 Å². The Morgan fingerprint density at radius 2 is 2.05 bits per heavy atom. The third kappa shape index (κ3) is 2.40. The second-order valence-corrected chi connectivity index (χ2v) is 6.58. The van der Waals surface area contributed by atoms with Gasteiger partial charge in [-0.05, 0) is 52.1 Å². The number of amides is 1. The van der Waals surface area contributed by atoms with Crippen LogP contribution in [0.25, 0.3) is 0 Å². The van der Waals surface area contributed by atoms with Crippen molar-refractivity contribution < 1.29 is 4.79 Å². The Balaban J connectivity index is 1.65. The zero-order valence-corrected chi connectivity index (χ0v) is 12.3. The molecule has 2 saturated heterocycles. The Morgan fingerprint density at radius 1 is 1.37 bits per heavy atom. The van der Waals surface area contributed by atoms with Crippen molar-refractivity contribution in [1.82, 2.24) is 15.1 Å². The maximum Gasteiger partial charge on any atom is 0.244 e. The number of nitrogens with zero attached hydrogens (tertiary/aromatic N) is 2. The summed E-state index contributed by atoms with van der Waals surface area (Å²) >= 11 is 0. The molecule has 3 aliphatic rings. The molecule has 4 heteroatoms. The van der Waals surface area contributed by atoms with Gasteiger partial charge in [0, 0.05) is 12.6 Å². The summed E-state index contributed by atoms with van der Waals surface area (Å²) < 4.78 is 0. The highest BCUT2D eigenvalue weighted by Crippen LogP contribution is 2.42. The van der Waals surface area contributed by atoms with Crippen molar-refractivity contribution in [2.24, 2.45) is 0 Å². The van der Waals surface area contributed by atoms with Crippen LogP contribution in [0.2, 0.25) is 0 Å². The van der Waals surface area contributed by atoms with Crippen molar-refractivity contribution >= 4 is 5.91 Å². The van der Waals surface area contributed by atoms with Gasteiger partial charge in [-0.2, -0.15) is 0 Å². The third-order valence-corrected chi connectivity index (χ3v) is 5.03. The summed E-state index contributed by atoms with van der Waals surface area (Å²) in [5.41, 5.74) is -0.148. The third-order valence-electron chi connectivity index (χ3n) is 5.03. The van der Waals surface area contributed by atoms with Gasteiger partial charge in [-0.1, -0.05) is 13.3 Å². The molecule has 108 valence electrons. The molecule has 0 radical (unpaired) electrons. The van der Waals surface area contributed by atoms with E-state index in [1.165, 1.54) is 25.9 Å². The minimum Gasteiger partial charge on any atom is -0.324 e. The molecule has 1 saturated carbocycles. The number of rotatable bonds is 5. The molecule has 3 rings (SSSR count). The second-order valence-electron chi connectivity index (χ2n) is 6.58. The molecule has 2 atom stereocenters. The van der Waals surface area contributed by atoms with Gasteiger partial charge in [0.05, 0.1) is 11.7 Å².